The van der Waals surface area contributed by atoms with Crippen LogP contribution in [0.2, 0.25) is 0 Å². The lowest BCUT2D eigenvalue weighted by Crippen LogP contribution is -2.31. The smallest absolute Gasteiger partial charge is 0.134 e. The molecule has 0 aliphatic heterocycles. The van der Waals surface area contributed by atoms with Crippen molar-refractivity contribution in [1.82, 2.24) is 0 Å². The predicted octanol–water partition coefficient (Wildman–Crippen LogP) is 4.29. The van der Waals surface area contributed by atoms with Gasteiger partial charge in [0, 0.05) is 18.3 Å². The van der Waals surface area contributed by atoms with E-state index in [1.54, 1.807) is 0 Å². The van der Waals surface area contributed by atoms with Gasteiger partial charge in [-0.25, -0.2) is 0 Å². The molecule has 0 radical (unpaired) electrons. The monoisotopic (exact) mass is 240 g/mol. The molecule has 1 aromatic carbocycles. The number of rotatable bonds is 3. The van der Waals surface area contributed by atoms with E-state index in [1.807, 2.05) is 31.2 Å². The van der Waals surface area contributed by atoms with Crippen molar-refractivity contribution in [2.45, 2.75) is 38.0 Å². The molecular weight excluding hydrogens is 220 g/mol. The summed E-state index contributed by atoms with van der Waals surface area (Å²) in [6.07, 6.45) is 9.45. The molecule has 1 aromatic rings. The van der Waals surface area contributed by atoms with Crippen LogP contribution >= 0.6 is 0 Å². The van der Waals surface area contributed by atoms with Crippen LogP contribution in [0.15, 0.2) is 43.0 Å². The number of ketones is 1. The van der Waals surface area contributed by atoms with Gasteiger partial charge in [0.25, 0.3) is 0 Å². The van der Waals surface area contributed by atoms with Gasteiger partial charge in [0.05, 0.1) is 0 Å². The minimum absolute atomic E-state index is 0.161. The molecule has 2 rings (SSSR count). The fourth-order valence-corrected chi connectivity index (χ4v) is 2.92. The quantitative estimate of drug-likeness (QED) is 0.720. The van der Waals surface area contributed by atoms with Crippen LogP contribution in [0.3, 0.4) is 0 Å². The maximum Gasteiger partial charge on any atom is 0.134 e. The maximum atomic E-state index is 11.8. The first-order valence-corrected chi connectivity index (χ1v) is 6.59. The number of hydrogen-bond donors (Lipinski definition) is 0. The van der Waals surface area contributed by atoms with Gasteiger partial charge in [-0.15, -0.1) is 6.58 Å². The molecule has 0 heterocycles. The van der Waals surface area contributed by atoms with E-state index in [0.29, 0.717) is 12.2 Å². The van der Waals surface area contributed by atoms with E-state index in [1.165, 1.54) is 11.1 Å². The van der Waals surface area contributed by atoms with Gasteiger partial charge in [-0.05, 0) is 30.9 Å². The molecule has 0 saturated heterocycles. The molecule has 94 valence electrons. The van der Waals surface area contributed by atoms with Gasteiger partial charge >= 0.3 is 0 Å². The van der Waals surface area contributed by atoms with Crippen LogP contribution in [0.4, 0.5) is 0 Å². The van der Waals surface area contributed by atoms with Crippen LogP contribution in [0.1, 0.15) is 43.7 Å². The Morgan fingerprint density at radius 1 is 1.33 bits per heavy atom. The Labute approximate surface area is 109 Å². The van der Waals surface area contributed by atoms with Crippen molar-refractivity contribution in [3.05, 3.63) is 54.1 Å². The minimum Gasteiger partial charge on any atom is -0.300 e. The fourth-order valence-electron chi connectivity index (χ4n) is 2.92. The Kier molecular flexibility index (Phi) is 3.81. The Balaban J connectivity index is 2.50. The third-order valence-electron chi connectivity index (χ3n) is 3.83. The molecule has 1 fully saturated rings. The van der Waals surface area contributed by atoms with Crippen molar-refractivity contribution in [3.63, 3.8) is 0 Å². The van der Waals surface area contributed by atoms with Crippen molar-refractivity contribution in [3.8, 4) is 0 Å². The maximum absolute atomic E-state index is 11.8. The van der Waals surface area contributed by atoms with Gasteiger partial charge in [-0.2, -0.15) is 0 Å². The molecule has 1 heteroatoms. The van der Waals surface area contributed by atoms with Crippen molar-refractivity contribution < 1.29 is 4.79 Å². The van der Waals surface area contributed by atoms with E-state index in [9.17, 15) is 4.79 Å². The first-order chi connectivity index (χ1) is 8.72. The lowest BCUT2D eigenvalue weighted by Gasteiger charge is -2.35. The number of Topliss-reactive ketones (excluding diaryl/α,β-unsaturated/α-hetero) is 1. The van der Waals surface area contributed by atoms with Gasteiger partial charge in [0.15, 0.2) is 0 Å². The van der Waals surface area contributed by atoms with Gasteiger partial charge in [0.2, 0.25) is 0 Å². The summed E-state index contributed by atoms with van der Waals surface area (Å²) in [7, 11) is 0. The molecule has 0 amide bonds. The highest BCUT2D eigenvalue weighted by Crippen LogP contribution is 2.40. The van der Waals surface area contributed by atoms with E-state index in [2.05, 4.69) is 24.8 Å². The molecule has 1 aliphatic carbocycles. The van der Waals surface area contributed by atoms with Crippen molar-refractivity contribution in [2.24, 2.45) is 0 Å². The topological polar surface area (TPSA) is 17.1 Å². The fraction of sp³-hybridized carbons (Fsp3) is 0.353. The third-order valence-corrected chi connectivity index (χ3v) is 3.83. The van der Waals surface area contributed by atoms with Crippen LogP contribution < -0.4 is 0 Å². The molecule has 1 unspecified atom stereocenters. The number of carbonyl (C=O) groups excluding carboxylic acids is 1. The highest BCUT2D eigenvalue weighted by molar-refractivity contribution is 5.82. The van der Waals surface area contributed by atoms with Gasteiger partial charge in [-0.3, -0.25) is 4.79 Å². The van der Waals surface area contributed by atoms with Crippen molar-refractivity contribution >= 4 is 11.9 Å². The van der Waals surface area contributed by atoms with Crippen LogP contribution in [0, 0.1) is 0 Å². The molecule has 0 bridgehead atoms. The molecule has 1 atom stereocenters. The van der Waals surface area contributed by atoms with E-state index >= 15 is 0 Å². The average molecular weight is 240 g/mol. The normalized spacial score (nSPS) is 24.4. The first-order valence-electron chi connectivity index (χ1n) is 6.59. The number of allylic oxidation sites excluding steroid dienone is 2. The largest absolute Gasteiger partial charge is 0.300 e. The molecule has 0 aromatic heterocycles. The van der Waals surface area contributed by atoms with Crippen LogP contribution in [0.25, 0.3) is 6.08 Å². The lowest BCUT2D eigenvalue weighted by atomic mass is 9.68. The van der Waals surface area contributed by atoms with E-state index in [0.717, 1.165) is 19.3 Å². The Hall–Kier alpha value is -1.63. The Morgan fingerprint density at radius 3 is 2.78 bits per heavy atom. The number of hydrogen-bond acceptors (Lipinski definition) is 1. The highest BCUT2D eigenvalue weighted by atomic mass is 16.1. The van der Waals surface area contributed by atoms with Crippen molar-refractivity contribution in [2.75, 3.05) is 0 Å². The van der Waals surface area contributed by atoms with Crippen molar-refractivity contribution in [1.29, 1.82) is 0 Å². The number of benzene rings is 1. The molecule has 1 saturated carbocycles. The third kappa shape index (κ3) is 2.31. The van der Waals surface area contributed by atoms with E-state index < -0.39 is 0 Å². The second kappa shape index (κ2) is 5.34. The van der Waals surface area contributed by atoms with E-state index in [-0.39, 0.29) is 5.41 Å². The van der Waals surface area contributed by atoms with Gasteiger partial charge in [-0.1, -0.05) is 42.5 Å². The average Bonchev–Trinajstić information content (AvgIpc) is 2.39. The predicted molar refractivity (Wildman–Crippen MR) is 76.5 cm³/mol. The summed E-state index contributed by atoms with van der Waals surface area (Å²) < 4.78 is 0. The van der Waals surface area contributed by atoms with Crippen LogP contribution in [-0.4, -0.2) is 5.78 Å². The summed E-state index contributed by atoms with van der Waals surface area (Å²) in [5.74, 6) is 0.358. The summed E-state index contributed by atoms with van der Waals surface area (Å²) in [4.78, 5) is 11.8. The Morgan fingerprint density at radius 2 is 2.11 bits per heavy atom. The summed E-state index contributed by atoms with van der Waals surface area (Å²) in [6.45, 7) is 6.01. The summed E-state index contributed by atoms with van der Waals surface area (Å²) in [6, 6.07) is 8.34. The standard InChI is InChI=1S/C17H20O/c1-3-8-14-9-5-6-11-16(14)17(4-2)12-7-10-15(18)13-17/h3-6,8-9,11H,2,7,10,12-13H2,1H3/b8-3-. The lowest BCUT2D eigenvalue weighted by molar-refractivity contribution is -0.121. The van der Waals surface area contributed by atoms with Crippen LogP contribution in [0.5, 0.6) is 0 Å². The first kappa shape index (κ1) is 12.8. The van der Waals surface area contributed by atoms with Crippen LogP contribution in [-0.2, 0) is 10.2 Å². The molecule has 1 aliphatic rings. The Bertz CT molecular complexity index is 484. The molecule has 18 heavy (non-hydrogen) atoms. The zero-order valence-electron chi connectivity index (χ0n) is 11.0. The summed E-state index contributed by atoms with van der Waals surface area (Å²) in [5, 5.41) is 0. The van der Waals surface area contributed by atoms with Gasteiger partial charge in [0.1, 0.15) is 5.78 Å². The number of carbonyl (C=O) groups is 1. The SMILES string of the molecule is C=CC1(c2ccccc2/C=C\C)CCCC(=O)C1. The molecule has 1 nitrogen and oxygen atoms in total. The van der Waals surface area contributed by atoms with Gasteiger partial charge < -0.3 is 0 Å². The minimum atomic E-state index is -0.161. The van der Waals surface area contributed by atoms with E-state index in [4.69, 9.17) is 0 Å². The molecule has 0 spiro atoms. The zero-order valence-corrected chi connectivity index (χ0v) is 11.0. The summed E-state index contributed by atoms with van der Waals surface area (Å²) in [5.41, 5.74) is 2.28. The zero-order chi connectivity index (χ0) is 13.0. The highest BCUT2D eigenvalue weighted by Gasteiger charge is 2.35. The molecular formula is C17H20O. The second-order valence-corrected chi connectivity index (χ2v) is 5.02. The molecule has 0 N–H and O–H groups in total. The summed E-state index contributed by atoms with van der Waals surface area (Å²) >= 11 is 0. The second-order valence-electron chi connectivity index (χ2n) is 5.02.